The number of rotatable bonds is 5. The predicted octanol–water partition coefficient (Wildman–Crippen LogP) is 1.59. The van der Waals surface area contributed by atoms with Crippen molar-refractivity contribution in [1.82, 2.24) is 9.62 Å². The minimum Gasteiger partial charge on any atom is -0.313 e. The first kappa shape index (κ1) is 13.1. The Bertz CT molecular complexity index is 520. The van der Waals surface area contributed by atoms with Crippen molar-refractivity contribution in [1.29, 1.82) is 0 Å². The van der Waals surface area contributed by atoms with Crippen molar-refractivity contribution >= 4 is 10.0 Å². The number of nitrogens with zero attached hydrogens (tertiary/aromatic N) is 1. The lowest BCUT2D eigenvalue weighted by Crippen LogP contribution is -2.42. The molecule has 1 saturated carbocycles. The summed E-state index contributed by atoms with van der Waals surface area (Å²) in [6, 6.07) is 9.32. The maximum atomic E-state index is 12.7. The zero-order valence-electron chi connectivity index (χ0n) is 11.0. The summed E-state index contributed by atoms with van der Waals surface area (Å²) in [6.45, 7) is 1.62. The van der Waals surface area contributed by atoms with Gasteiger partial charge in [0, 0.05) is 18.6 Å². The van der Waals surface area contributed by atoms with E-state index in [4.69, 9.17) is 0 Å². The van der Waals surface area contributed by atoms with E-state index in [-0.39, 0.29) is 6.04 Å². The normalized spacial score (nSPS) is 23.9. The zero-order chi connectivity index (χ0) is 13.3. The van der Waals surface area contributed by atoms with Crippen LogP contribution in [0.2, 0.25) is 0 Å². The SMILES string of the molecule is O=S(=O)(c1ccccc1)N(CC1CCCN1)C1CC1. The molecule has 5 heteroatoms. The summed E-state index contributed by atoms with van der Waals surface area (Å²) in [6.07, 6.45) is 4.22. The molecule has 19 heavy (non-hydrogen) atoms. The van der Waals surface area contributed by atoms with E-state index in [1.807, 2.05) is 6.07 Å². The average Bonchev–Trinajstić information content (AvgIpc) is 3.13. The predicted molar refractivity (Wildman–Crippen MR) is 74.4 cm³/mol. The Kier molecular flexibility index (Phi) is 3.60. The summed E-state index contributed by atoms with van der Waals surface area (Å²) in [4.78, 5) is 0.417. The summed E-state index contributed by atoms with van der Waals surface area (Å²) in [5, 5.41) is 3.39. The van der Waals surface area contributed by atoms with Gasteiger partial charge in [-0.3, -0.25) is 0 Å². The molecule has 0 radical (unpaired) electrons. The van der Waals surface area contributed by atoms with Crippen LogP contribution in [0.5, 0.6) is 0 Å². The molecule has 1 atom stereocenters. The molecule has 104 valence electrons. The van der Waals surface area contributed by atoms with Gasteiger partial charge in [0.1, 0.15) is 0 Å². The van der Waals surface area contributed by atoms with Gasteiger partial charge in [-0.1, -0.05) is 18.2 Å². The highest BCUT2D eigenvalue weighted by Crippen LogP contribution is 2.32. The van der Waals surface area contributed by atoms with E-state index in [0.29, 0.717) is 17.5 Å². The van der Waals surface area contributed by atoms with Gasteiger partial charge in [-0.2, -0.15) is 4.31 Å². The molecule has 4 nitrogen and oxygen atoms in total. The summed E-state index contributed by atoms with van der Waals surface area (Å²) in [7, 11) is -3.33. The van der Waals surface area contributed by atoms with Gasteiger partial charge in [-0.05, 0) is 44.4 Å². The van der Waals surface area contributed by atoms with E-state index in [0.717, 1.165) is 32.2 Å². The highest BCUT2D eigenvalue weighted by atomic mass is 32.2. The smallest absolute Gasteiger partial charge is 0.243 e. The molecule has 1 unspecified atom stereocenters. The molecular weight excluding hydrogens is 260 g/mol. The largest absolute Gasteiger partial charge is 0.313 e. The fourth-order valence-corrected chi connectivity index (χ4v) is 4.41. The lowest BCUT2D eigenvalue weighted by atomic mass is 10.2. The van der Waals surface area contributed by atoms with E-state index in [1.165, 1.54) is 0 Å². The number of nitrogens with one attached hydrogen (secondary N) is 1. The summed E-state index contributed by atoms with van der Waals surface area (Å²) in [5.41, 5.74) is 0. The third-order valence-corrected chi connectivity index (χ3v) is 5.80. The van der Waals surface area contributed by atoms with Crippen LogP contribution < -0.4 is 5.32 Å². The highest BCUT2D eigenvalue weighted by Gasteiger charge is 2.39. The number of sulfonamides is 1. The molecule has 1 aliphatic heterocycles. The van der Waals surface area contributed by atoms with E-state index in [9.17, 15) is 8.42 Å². The van der Waals surface area contributed by atoms with Crippen LogP contribution in [0.15, 0.2) is 35.2 Å². The third-order valence-electron chi connectivity index (χ3n) is 3.87. The molecule has 1 aromatic carbocycles. The molecule has 0 spiro atoms. The molecule has 0 amide bonds. The molecule has 1 saturated heterocycles. The van der Waals surface area contributed by atoms with Crippen molar-refractivity contribution in [3.8, 4) is 0 Å². The lowest BCUT2D eigenvalue weighted by molar-refractivity contribution is 0.363. The second-order valence-corrected chi connectivity index (χ2v) is 7.30. The summed E-state index contributed by atoms with van der Waals surface area (Å²) < 4.78 is 27.1. The van der Waals surface area contributed by atoms with Crippen LogP contribution in [0.25, 0.3) is 0 Å². The topological polar surface area (TPSA) is 49.4 Å². The molecule has 3 rings (SSSR count). The minimum atomic E-state index is -3.33. The van der Waals surface area contributed by atoms with Crippen molar-refractivity contribution < 1.29 is 8.42 Å². The molecule has 0 bridgehead atoms. The third kappa shape index (κ3) is 2.83. The first-order valence-corrected chi connectivity index (χ1v) is 8.42. The molecule has 2 aliphatic rings. The van der Waals surface area contributed by atoms with Crippen molar-refractivity contribution in [3.05, 3.63) is 30.3 Å². The van der Waals surface area contributed by atoms with Crippen LogP contribution in [0.3, 0.4) is 0 Å². The molecule has 1 heterocycles. The standard InChI is InChI=1S/C14H20N2O2S/c17-19(18,14-6-2-1-3-7-14)16(13-8-9-13)11-12-5-4-10-15-12/h1-3,6-7,12-13,15H,4-5,8-11H2. The van der Waals surface area contributed by atoms with E-state index < -0.39 is 10.0 Å². The van der Waals surface area contributed by atoms with E-state index in [2.05, 4.69) is 5.32 Å². The van der Waals surface area contributed by atoms with Gasteiger partial charge in [-0.25, -0.2) is 8.42 Å². The highest BCUT2D eigenvalue weighted by molar-refractivity contribution is 7.89. The number of benzene rings is 1. The first-order chi connectivity index (χ1) is 9.18. The van der Waals surface area contributed by atoms with Gasteiger partial charge in [0.05, 0.1) is 4.90 Å². The molecule has 2 fully saturated rings. The number of hydrogen-bond acceptors (Lipinski definition) is 3. The Hall–Kier alpha value is -0.910. The molecule has 1 aliphatic carbocycles. The van der Waals surface area contributed by atoms with Crippen molar-refractivity contribution in [2.75, 3.05) is 13.1 Å². The van der Waals surface area contributed by atoms with Gasteiger partial charge in [0.15, 0.2) is 0 Å². The van der Waals surface area contributed by atoms with Gasteiger partial charge in [-0.15, -0.1) is 0 Å². The van der Waals surface area contributed by atoms with Crippen LogP contribution >= 0.6 is 0 Å². The molecule has 0 aromatic heterocycles. The van der Waals surface area contributed by atoms with Crippen LogP contribution in [0.4, 0.5) is 0 Å². The van der Waals surface area contributed by atoms with Crippen LogP contribution in [0.1, 0.15) is 25.7 Å². The monoisotopic (exact) mass is 280 g/mol. The van der Waals surface area contributed by atoms with Crippen molar-refractivity contribution in [3.63, 3.8) is 0 Å². The Morgan fingerprint density at radius 2 is 1.89 bits per heavy atom. The fourth-order valence-electron chi connectivity index (χ4n) is 2.66. The van der Waals surface area contributed by atoms with Gasteiger partial charge >= 0.3 is 0 Å². The number of hydrogen-bond donors (Lipinski definition) is 1. The van der Waals surface area contributed by atoms with E-state index in [1.54, 1.807) is 28.6 Å². The lowest BCUT2D eigenvalue weighted by Gasteiger charge is -2.25. The van der Waals surface area contributed by atoms with Gasteiger partial charge < -0.3 is 5.32 Å². The zero-order valence-corrected chi connectivity index (χ0v) is 11.8. The maximum Gasteiger partial charge on any atom is 0.243 e. The summed E-state index contributed by atoms with van der Waals surface area (Å²) in [5.74, 6) is 0. The van der Waals surface area contributed by atoms with Gasteiger partial charge in [0.2, 0.25) is 10.0 Å². The van der Waals surface area contributed by atoms with Crippen molar-refractivity contribution in [2.45, 2.75) is 42.7 Å². The quantitative estimate of drug-likeness (QED) is 0.891. The van der Waals surface area contributed by atoms with Gasteiger partial charge in [0.25, 0.3) is 0 Å². The minimum absolute atomic E-state index is 0.215. The van der Waals surface area contributed by atoms with Crippen LogP contribution in [-0.4, -0.2) is 37.9 Å². The second-order valence-electron chi connectivity index (χ2n) is 5.41. The molecule has 1 N–H and O–H groups in total. The average molecular weight is 280 g/mol. The Balaban J connectivity index is 1.82. The molecule has 1 aromatic rings. The van der Waals surface area contributed by atoms with Crippen LogP contribution in [-0.2, 0) is 10.0 Å². The van der Waals surface area contributed by atoms with E-state index >= 15 is 0 Å². The fraction of sp³-hybridized carbons (Fsp3) is 0.571. The maximum absolute atomic E-state index is 12.7. The van der Waals surface area contributed by atoms with Crippen LogP contribution in [0, 0.1) is 0 Å². The van der Waals surface area contributed by atoms with Crippen molar-refractivity contribution in [2.24, 2.45) is 0 Å². The summed E-state index contributed by atoms with van der Waals surface area (Å²) >= 11 is 0. The second kappa shape index (κ2) is 5.23. The molecular formula is C14H20N2O2S. The Morgan fingerprint density at radius 3 is 2.47 bits per heavy atom. The Labute approximate surface area is 114 Å². The first-order valence-electron chi connectivity index (χ1n) is 6.98. The Morgan fingerprint density at radius 1 is 1.16 bits per heavy atom.